The van der Waals surface area contributed by atoms with Crippen LogP contribution in [0, 0.1) is 0 Å². The molecular weight excluding hydrogens is 266 g/mol. The molecule has 0 fully saturated rings. The molecule has 1 aromatic heterocycles. The lowest BCUT2D eigenvalue weighted by Gasteiger charge is -2.26. The first-order valence-corrected chi connectivity index (χ1v) is 7.11. The van der Waals surface area contributed by atoms with Gasteiger partial charge in [-0.05, 0) is 26.0 Å². The number of carbonyl (C=O) groups excluding carboxylic acids is 1. The number of pyridine rings is 1. The minimum absolute atomic E-state index is 0.121. The molecule has 0 aromatic carbocycles. The van der Waals surface area contributed by atoms with Crippen molar-refractivity contribution in [2.45, 2.75) is 45.6 Å². The van der Waals surface area contributed by atoms with Gasteiger partial charge in [0.25, 0.3) is 5.91 Å². The Morgan fingerprint density at radius 3 is 2.33 bits per heavy atom. The van der Waals surface area contributed by atoms with E-state index in [0.29, 0.717) is 18.0 Å². The SMILES string of the molecule is CNc1cc(C(=O)NC(C)(C)COC)cc(C(C)(C)C)n1. The monoisotopic (exact) mass is 293 g/mol. The fourth-order valence-electron chi connectivity index (χ4n) is 1.95. The van der Waals surface area contributed by atoms with Gasteiger partial charge in [-0.25, -0.2) is 4.98 Å². The number of carbonyl (C=O) groups is 1. The van der Waals surface area contributed by atoms with Crippen LogP contribution in [0.15, 0.2) is 12.1 Å². The van der Waals surface area contributed by atoms with Gasteiger partial charge in [-0.2, -0.15) is 0 Å². The molecule has 0 aliphatic carbocycles. The Hall–Kier alpha value is -1.62. The van der Waals surface area contributed by atoms with Gasteiger partial charge in [0.1, 0.15) is 5.82 Å². The molecule has 0 radical (unpaired) electrons. The highest BCUT2D eigenvalue weighted by molar-refractivity contribution is 5.95. The molecule has 1 heterocycles. The summed E-state index contributed by atoms with van der Waals surface area (Å²) >= 11 is 0. The number of nitrogens with one attached hydrogen (secondary N) is 2. The Bertz CT molecular complexity index is 505. The number of methoxy groups -OCH3 is 1. The van der Waals surface area contributed by atoms with Crippen molar-refractivity contribution in [2.24, 2.45) is 0 Å². The molecule has 5 nitrogen and oxygen atoms in total. The molecule has 0 aliphatic heterocycles. The van der Waals surface area contributed by atoms with E-state index >= 15 is 0 Å². The van der Waals surface area contributed by atoms with Crippen molar-refractivity contribution in [2.75, 3.05) is 26.1 Å². The van der Waals surface area contributed by atoms with E-state index in [0.717, 1.165) is 5.69 Å². The number of amides is 1. The molecule has 2 N–H and O–H groups in total. The molecule has 0 atom stereocenters. The number of ether oxygens (including phenoxy) is 1. The van der Waals surface area contributed by atoms with Gasteiger partial charge in [-0.15, -0.1) is 0 Å². The largest absolute Gasteiger partial charge is 0.382 e. The van der Waals surface area contributed by atoms with E-state index < -0.39 is 5.54 Å². The van der Waals surface area contributed by atoms with Gasteiger partial charge in [0.05, 0.1) is 12.1 Å². The Morgan fingerprint density at radius 2 is 1.86 bits per heavy atom. The molecule has 0 aliphatic rings. The fourth-order valence-corrected chi connectivity index (χ4v) is 1.95. The molecule has 1 rings (SSSR count). The van der Waals surface area contributed by atoms with E-state index in [9.17, 15) is 4.79 Å². The lowest BCUT2D eigenvalue weighted by atomic mass is 9.90. The van der Waals surface area contributed by atoms with Crippen LogP contribution < -0.4 is 10.6 Å². The maximum Gasteiger partial charge on any atom is 0.251 e. The number of hydrogen-bond acceptors (Lipinski definition) is 4. The maximum atomic E-state index is 12.5. The first kappa shape index (κ1) is 17.4. The van der Waals surface area contributed by atoms with Crippen molar-refractivity contribution in [3.05, 3.63) is 23.4 Å². The van der Waals surface area contributed by atoms with Crippen molar-refractivity contribution >= 4 is 11.7 Å². The highest BCUT2D eigenvalue weighted by Gasteiger charge is 2.23. The predicted molar refractivity (Wildman–Crippen MR) is 85.9 cm³/mol. The molecule has 1 amide bonds. The summed E-state index contributed by atoms with van der Waals surface area (Å²) in [5.74, 6) is 0.568. The third-order valence-electron chi connectivity index (χ3n) is 3.07. The van der Waals surface area contributed by atoms with Crippen LogP contribution in [0.2, 0.25) is 0 Å². The van der Waals surface area contributed by atoms with E-state index in [2.05, 4.69) is 36.4 Å². The molecule has 21 heavy (non-hydrogen) atoms. The zero-order valence-electron chi connectivity index (χ0n) is 14.1. The summed E-state index contributed by atoms with van der Waals surface area (Å²) in [6, 6.07) is 3.60. The lowest BCUT2D eigenvalue weighted by Crippen LogP contribution is -2.46. The number of aromatic nitrogens is 1. The van der Waals surface area contributed by atoms with Gasteiger partial charge in [0.15, 0.2) is 0 Å². The van der Waals surface area contributed by atoms with E-state index in [4.69, 9.17) is 4.74 Å². The van der Waals surface area contributed by atoms with E-state index in [1.165, 1.54) is 0 Å². The third-order valence-corrected chi connectivity index (χ3v) is 3.07. The molecule has 0 saturated heterocycles. The predicted octanol–water partition coefficient (Wildman–Crippen LogP) is 2.58. The van der Waals surface area contributed by atoms with Crippen LogP contribution in [0.25, 0.3) is 0 Å². The number of rotatable bonds is 5. The molecule has 0 unspecified atom stereocenters. The van der Waals surface area contributed by atoms with Crippen LogP contribution in [-0.4, -0.2) is 37.2 Å². The average molecular weight is 293 g/mol. The Morgan fingerprint density at radius 1 is 1.24 bits per heavy atom. The van der Waals surface area contributed by atoms with Gasteiger partial charge in [-0.3, -0.25) is 4.79 Å². The molecule has 0 bridgehead atoms. The number of hydrogen-bond donors (Lipinski definition) is 2. The zero-order chi connectivity index (χ0) is 16.3. The summed E-state index contributed by atoms with van der Waals surface area (Å²) in [5.41, 5.74) is 0.938. The first-order valence-electron chi connectivity index (χ1n) is 7.11. The molecule has 5 heteroatoms. The van der Waals surface area contributed by atoms with Crippen LogP contribution in [-0.2, 0) is 10.2 Å². The number of nitrogens with zero attached hydrogens (tertiary/aromatic N) is 1. The second kappa shape index (κ2) is 6.43. The van der Waals surface area contributed by atoms with Crippen molar-refractivity contribution in [3.63, 3.8) is 0 Å². The summed E-state index contributed by atoms with van der Waals surface area (Å²) in [7, 11) is 3.42. The summed E-state index contributed by atoms with van der Waals surface area (Å²) in [6.07, 6.45) is 0. The summed E-state index contributed by atoms with van der Waals surface area (Å²) in [5, 5.41) is 5.99. The standard InChI is InChI=1S/C16H27N3O2/c1-15(2,3)12-8-11(9-13(17-6)18-12)14(20)19-16(4,5)10-21-7/h8-9H,10H2,1-7H3,(H,17,18)(H,19,20). The van der Waals surface area contributed by atoms with Gasteiger partial charge in [-0.1, -0.05) is 20.8 Å². The lowest BCUT2D eigenvalue weighted by molar-refractivity contribution is 0.0820. The normalized spacial score (nSPS) is 12.1. The zero-order valence-corrected chi connectivity index (χ0v) is 14.1. The first-order chi connectivity index (χ1) is 9.59. The molecule has 1 aromatic rings. The Kier molecular flexibility index (Phi) is 5.34. The molecule has 118 valence electrons. The van der Waals surface area contributed by atoms with Gasteiger partial charge >= 0.3 is 0 Å². The van der Waals surface area contributed by atoms with Crippen molar-refractivity contribution in [1.29, 1.82) is 0 Å². The van der Waals surface area contributed by atoms with Gasteiger partial charge in [0, 0.05) is 30.8 Å². The quantitative estimate of drug-likeness (QED) is 0.876. The van der Waals surface area contributed by atoms with Crippen LogP contribution >= 0.6 is 0 Å². The third kappa shape index (κ3) is 5.01. The summed E-state index contributed by atoms with van der Waals surface area (Å²) < 4.78 is 5.13. The van der Waals surface area contributed by atoms with E-state index in [-0.39, 0.29) is 11.3 Å². The molecular formula is C16H27N3O2. The Balaban J connectivity index is 3.09. The van der Waals surface area contributed by atoms with E-state index in [1.807, 2.05) is 19.9 Å². The average Bonchev–Trinajstić information content (AvgIpc) is 2.36. The number of anilines is 1. The van der Waals surface area contributed by atoms with Crippen LogP contribution in [0.4, 0.5) is 5.82 Å². The fraction of sp³-hybridized carbons (Fsp3) is 0.625. The summed E-state index contributed by atoms with van der Waals surface area (Å²) in [6.45, 7) is 10.5. The van der Waals surface area contributed by atoms with Crippen LogP contribution in [0.5, 0.6) is 0 Å². The highest BCUT2D eigenvalue weighted by Crippen LogP contribution is 2.23. The van der Waals surface area contributed by atoms with Gasteiger partial charge in [0.2, 0.25) is 0 Å². The van der Waals surface area contributed by atoms with Crippen LogP contribution in [0.1, 0.15) is 50.7 Å². The minimum Gasteiger partial charge on any atom is -0.382 e. The van der Waals surface area contributed by atoms with Crippen molar-refractivity contribution in [1.82, 2.24) is 10.3 Å². The van der Waals surface area contributed by atoms with E-state index in [1.54, 1.807) is 20.2 Å². The molecule has 0 saturated carbocycles. The highest BCUT2D eigenvalue weighted by atomic mass is 16.5. The Labute approximate surface area is 127 Å². The van der Waals surface area contributed by atoms with Crippen LogP contribution in [0.3, 0.4) is 0 Å². The maximum absolute atomic E-state index is 12.5. The molecule has 0 spiro atoms. The smallest absolute Gasteiger partial charge is 0.251 e. The van der Waals surface area contributed by atoms with Crippen molar-refractivity contribution in [3.8, 4) is 0 Å². The summed E-state index contributed by atoms with van der Waals surface area (Å²) in [4.78, 5) is 17.0. The minimum atomic E-state index is -0.420. The topological polar surface area (TPSA) is 63.2 Å². The van der Waals surface area contributed by atoms with Crippen molar-refractivity contribution < 1.29 is 9.53 Å². The van der Waals surface area contributed by atoms with Gasteiger partial charge < -0.3 is 15.4 Å². The second-order valence-corrected chi connectivity index (χ2v) is 6.90. The second-order valence-electron chi connectivity index (χ2n) is 6.90.